The number of amides is 1. The molecule has 190 valence electrons. The van der Waals surface area contributed by atoms with Crippen molar-refractivity contribution in [3.63, 3.8) is 0 Å². The second kappa shape index (κ2) is 11.9. The van der Waals surface area contributed by atoms with Crippen molar-refractivity contribution >= 4 is 68.1 Å². The molecule has 0 aliphatic carbocycles. The Labute approximate surface area is 231 Å². The highest BCUT2D eigenvalue weighted by Crippen LogP contribution is 2.40. The molecule has 3 aromatic rings. The van der Waals surface area contributed by atoms with Crippen molar-refractivity contribution in [2.45, 2.75) is 13.5 Å². The summed E-state index contributed by atoms with van der Waals surface area (Å²) in [6.45, 7) is 2.57. The molecule has 7 nitrogen and oxygen atoms in total. The van der Waals surface area contributed by atoms with E-state index in [2.05, 4.69) is 20.9 Å². The topological polar surface area (TPSA) is 88.4 Å². The van der Waals surface area contributed by atoms with Crippen molar-refractivity contribution < 1.29 is 24.2 Å². The summed E-state index contributed by atoms with van der Waals surface area (Å²) in [6, 6.07) is 17.4. The summed E-state index contributed by atoms with van der Waals surface area (Å²) in [5.74, 6) is -0.196. The summed E-state index contributed by atoms with van der Waals surface area (Å²) < 4.78 is 12.5. The van der Waals surface area contributed by atoms with Crippen molar-refractivity contribution in [2.75, 3.05) is 13.7 Å². The van der Waals surface area contributed by atoms with Gasteiger partial charge in [-0.25, -0.2) is 9.79 Å². The first kappa shape index (κ1) is 26.8. The Morgan fingerprint density at radius 3 is 2.68 bits per heavy atom. The van der Waals surface area contributed by atoms with E-state index in [1.54, 1.807) is 25.3 Å². The SMILES string of the molecule is CCOc1cc(/C=C2\SC(=Nc3cccc(C(=O)O)c3)N(C)C2=O)cc(Br)c1OCc1ccccc1Cl. The third-order valence-corrected chi connectivity index (χ3v) is 7.30. The Morgan fingerprint density at radius 1 is 1.16 bits per heavy atom. The average Bonchev–Trinajstić information content (AvgIpc) is 3.12. The molecule has 0 saturated carbocycles. The van der Waals surface area contributed by atoms with Gasteiger partial charge in [-0.15, -0.1) is 0 Å². The number of thioether (sulfide) groups is 1. The zero-order valence-corrected chi connectivity index (χ0v) is 23.1. The van der Waals surface area contributed by atoms with E-state index in [-0.39, 0.29) is 18.1 Å². The van der Waals surface area contributed by atoms with Gasteiger partial charge in [-0.3, -0.25) is 9.69 Å². The molecule has 1 aliphatic heterocycles. The molecule has 3 aromatic carbocycles. The Morgan fingerprint density at radius 2 is 1.95 bits per heavy atom. The summed E-state index contributed by atoms with van der Waals surface area (Å²) in [5.41, 5.74) is 2.16. The Balaban J connectivity index is 1.60. The molecule has 0 atom stereocenters. The molecule has 0 aromatic heterocycles. The van der Waals surface area contributed by atoms with Gasteiger partial charge in [0.1, 0.15) is 6.61 Å². The second-order valence-corrected chi connectivity index (χ2v) is 10.1. The highest BCUT2D eigenvalue weighted by Gasteiger charge is 2.30. The normalized spacial score (nSPS) is 15.5. The first-order valence-electron chi connectivity index (χ1n) is 11.2. The van der Waals surface area contributed by atoms with Crippen molar-refractivity contribution in [1.82, 2.24) is 4.90 Å². The van der Waals surface area contributed by atoms with Gasteiger partial charge in [-0.1, -0.05) is 35.9 Å². The van der Waals surface area contributed by atoms with E-state index in [9.17, 15) is 14.7 Å². The van der Waals surface area contributed by atoms with Gasteiger partial charge >= 0.3 is 5.97 Å². The molecule has 1 fully saturated rings. The molecular weight excluding hydrogens is 580 g/mol. The van der Waals surface area contributed by atoms with Gasteiger partial charge in [0.15, 0.2) is 16.7 Å². The van der Waals surface area contributed by atoms with E-state index in [1.165, 1.54) is 28.8 Å². The third kappa shape index (κ3) is 6.36. The predicted molar refractivity (Wildman–Crippen MR) is 150 cm³/mol. The quantitative estimate of drug-likeness (QED) is 0.279. The van der Waals surface area contributed by atoms with E-state index in [4.69, 9.17) is 21.1 Å². The van der Waals surface area contributed by atoms with Gasteiger partial charge in [-0.2, -0.15) is 0 Å². The summed E-state index contributed by atoms with van der Waals surface area (Å²) in [7, 11) is 1.63. The summed E-state index contributed by atoms with van der Waals surface area (Å²) in [4.78, 5) is 30.6. The maximum Gasteiger partial charge on any atom is 0.335 e. The lowest BCUT2D eigenvalue weighted by Crippen LogP contribution is -2.23. The third-order valence-electron chi connectivity index (χ3n) is 5.28. The largest absolute Gasteiger partial charge is 0.490 e. The van der Waals surface area contributed by atoms with E-state index in [1.807, 2.05) is 43.3 Å². The molecule has 10 heteroatoms. The number of halogens is 2. The molecule has 0 spiro atoms. The fourth-order valence-electron chi connectivity index (χ4n) is 3.46. The van der Waals surface area contributed by atoms with Crippen LogP contribution >= 0.6 is 39.3 Å². The minimum absolute atomic E-state index is 0.125. The van der Waals surface area contributed by atoms with Crippen LogP contribution in [0.5, 0.6) is 11.5 Å². The van der Waals surface area contributed by atoms with E-state index in [0.29, 0.717) is 43.4 Å². The number of carbonyl (C=O) groups excluding carboxylic acids is 1. The van der Waals surface area contributed by atoms with Crippen LogP contribution in [0.1, 0.15) is 28.4 Å². The lowest BCUT2D eigenvalue weighted by Gasteiger charge is -2.15. The number of nitrogens with zero attached hydrogens (tertiary/aromatic N) is 2. The second-order valence-electron chi connectivity index (χ2n) is 7.87. The standard InChI is InChI=1S/C27H22BrClN2O5S/c1-3-35-22-12-16(11-20(28)24(22)36-15-18-7-4-5-10-21(18)29)13-23-25(32)31(2)27(37-23)30-19-9-6-8-17(14-19)26(33)34/h4-14H,3,15H2,1-2H3,(H,33,34)/b23-13-,30-27?. The van der Waals surface area contributed by atoms with Crippen LogP contribution in [0, 0.1) is 0 Å². The average molecular weight is 602 g/mol. The number of rotatable bonds is 8. The van der Waals surface area contributed by atoms with Crippen molar-refractivity contribution in [2.24, 2.45) is 4.99 Å². The molecule has 0 unspecified atom stereocenters. The molecular formula is C27H22BrClN2O5S. The fraction of sp³-hybridized carbons (Fsp3) is 0.148. The Kier molecular flexibility index (Phi) is 8.58. The van der Waals surface area contributed by atoms with Crippen molar-refractivity contribution in [3.05, 3.63) is 91.8 Å². The van der Waals surface area contributed by atoms with Crippen LogP contribution in [0.25, 0.3) is 6.08 Å². The number of likely N-dealkylation sites (N-methyl/N-ethyl adjacent to an activating group) is 1. The molecule has 0 bridgehead atoms. The van der Waals surface area contributed by atoms with Crippen LogP contribution in [-0.4, -0.2) is 40.7 Å². The first-order valence-corrected chi connectivity index (χ1v) is 13.2. The molecule has 1 heterocycles. The summed E-state index contributed by atoms with van der Waals surface area (Å²) in [5, 5.41) is 10.3. The maximum absolute atomic E-state index is 12.9. The number of carboxylic acid groups (broad SMARTS) is 1. The number of aliphatic imine (C=N–C) groups is 1. The lowest BCUT2D eigenvalue weighted by molar-refractivity contribution is -0.121. The number of hydrogen-bond acceptors (Lipinski definition) is 6. The molecule has 1 N–H and O–H groups in total. The fourth-order valence-corrected chi connectivity index (χ4v) is 5.21. The van der Waals surface area contributed by atoms with Gasteiger partial charge in [0.2, 0.25) is 0 Å². The zero-order chi connectivity index (χ0) is 26.5. The maximum atomic E-state index is 12.9. The number of carboxylic acids is 1. The van der Waals surface area contributed by atoms with Crippen LogP contribution in [-0.2, 0) is 11.4 Å². The van der Waals surface area contributed by atoms with E-state index < -0.39 is 5.97 Å². The van der Waals surface area contributed by atoms with Gasteiger partial charge in [0, 0.05) is 17.6 Å². The summed E-state index contributed by atoms with van der Waals surface area (Å²) in [6.07, 6.45) is 1.75. The van der Waals surface area contributed by atoms with Crippen molar-refractivity contribution in [3.8, 4) is 11.5 Å². The Hall–Kier alpha value is -3.27. The number of hydrogen-bond donors (Lipinski definition) is 1. The van der Waals surface area contributed by atoms with E-state index in [0.717, 1.165) is 11.1 Å². The van der Waals surface area contributed by atoms with E-state index >= 15 is 0 Å². The van der Waals surface area contributed by atoms with Gasteiger partial charge < -0.3 is 14.6 Å². The minimum Gasteiger partial charge on any atom is -0.490 e. The highest BCUT2D eigenvalue weighted by atomic mass is 79.9. The molecule has 1 amide bonds. The lowest BCUT2D eigenvalue weighted by atomic mass is 10.1. The predicted octanol–water partition coefficient (Wildman–Crippen LogP) is 7.01. The molecule has 37 heavy (non-hydrogen) atoms. The molecule has 4 rings (SSSR count). The number of ether oxygens (including phenoxy) is 2. The van der Waals surface area contributed by atoms with Gasteiger partial charge in [0.25, 0.3) is 5.91 Å². The minimum atomic E-state index is -1.04. The number of amidine groups is 1. The van der Waals surface area contributed by atoms with Gasteiger partial charge in [-0.05, 0) is 82.7 Å². The van der Waals surface area contributed by atoms with Crippen LogP contribution in [0.4, 0.5) is 5.69 Å². The summed E-state index contributed by atoms with van der Waals surface area (Å²) >= 11 is 11.0. The van der Waals surface area contributed by atoms with Crippen LogP contribution in [0.2, 0.25) is 5.02 Å². The Bertz CT molecular complexity index is 1430. The van der Waals surface area contributed by atoms with Gasteiger partial charge in [0.05, 0.1) is 27.2 Å². The van der Waals surface area contributed by atoms with Crippen LogP contribution in [0.3, 0.4) is 0 Å². The molecule has 1 aliphatic rings. The van der Waals surface area contributed by atoms with Crippen molar-refractivity contribution in [1.29, 1.82) is 0 Å². The number of carbonyl (C=O) groups is 2. The zero-order valence-electron chi connectivity index (χ0n) is 19.9. The number of benzene rings is 3. The van der Waals surface area contributed by atoms with Crippen LogP contribution < -0.4 is 9.47 Å². The smallest absolute Gasteiger partial charge is 0.335 e. The molecule has 1 saturated heterocycles. The highest BCUT2D eigenvalue weighted by molar-refractivity contribution is 9.10. The van der Waals surface area contributed by atoms with Crippen LogP contribution in [0.15, 0.2) is 75.0 Å². The molecule has 0 radical (unpaired) electrons. The number of aromatic carboxylic acids is 1. The first-order chi connectivity index (χ1) is 17.8. The monoisotopic (exact) mass is 600 g/mol.